The lowest BCUT2D eigenvalue weighted by atomic mass is 10.1. The Hall–Kier alpha value is -1.36. The molecular formula is C13H21N2O4P. The second-order valence-corrected chi connectivity index (χ2v) is 6.24. The van der Waals surface area contributed by atoms with Crippen LogP contribution in [-0.2, 0) is 14.1 Å². The lowest BCUT2D eigenvalue weighted by molar-refractivity contribution is -0.146. The van der Waals surface area contributed by atoms with Crippen molar-refractivity contribution in [2.24, 2.45) is 11.4 Å². The third kappa shape index (κ3) is 5.33. The van der Waals surface area contributed by atoms with Crippen LogP contribution in [0.4, 0.5) is 0 Å². The quantitative estimate of drug-likeness (QED) is 0.593. The minimum Gasteiger partial charge on any atom is -0.465 e. The van der Waals surface area contributed by atoms with Crippen molar-refractivity contribution < 1.29 is 18.6 Å². The Morgan fingerprint density at radius 1 is 1.35 bits per heavy atom. The number of hydrogen-bond acceptors (Lipinski definition) is 4. The van der Waals surface area contributed by atoms with Crippen molar-refractivity contribution in [3.63, 3.8) is 0 Å². The highest BCUT2D eigenvalue weighted by atomic mass is 31.2. The van der Waals surface area contributed by atoms with E-state index in [0.717, 1.165) is 0 Å². The molecule has 0 aromatic heterocycles. The summed E-state index contributed by atoms with van der Waals surface area (Å²) in [4.78, 5) is 11.8. The predicted octanol–water partition coefficient (Wildman–Crippen LogP) is 2.31. The molecule has 0 spiro atoms. The van der Waals surface area contributed by atoms with E-state index in [2.05, 4.69) is 5.09 Å². The molecule has 112 valence electrons. The van der Waals surface area contributed by atoms with Crippen LogP contribution in [-0.4, -0.2) is 18.6 Å². The van der Waals surface area contributed by atoms with Crippen molar-refractivity contribution in [3.05, 3.63) is 30.3 Å². The van der Waals surface area contributed by atoms with E-state index in [4.69, 9.17) is 14.8 Å². The number of carbonyl (C=O) groups excluding carboxylic acids is 1. The van der Waals surface area contributed by atoms with Gasteiger partial charge in [0.1, 0.15) is 11.8 Å². The zero-order chi connectivity index (χ0) is 15.2. The van der Waals surface area contributed by atoms with Crippen LogP contribution in [0, 0.1) is 5.92 Å². The van der Waals surface area contributed by atoms with Crippen LogP contribution in [0.25, 0.3) is 0 Å². The van der Waals surface area contributed by atoms with E-state index < -0.39 is 19.7 Å². The summed E-state index contributed by atoms with van der Waals surface area (Å²) >= 11 is 0. The zero-order valence-corrected chi connectivity index (χ0v) is 12.8. The first-order valence-corrected chi connectivity index (χ1v) is 8.13. The lowest BCUT2D eigenvalue weighted by Gasteiger charge is -2.24. The lowest BCUT2D eigenvalue weighted by Crippen LogP contribution is -2.42. The van der Waals surface area contributed by atoms with Crippen LogP contribution in [0.15, 0.2) is 30.3 Å². The smallest absolute Gasteiger partial charge is 0.388 e. The van der Waals surface area contributed by atoms with Gasteiger partial charge in [0.25, 0.3) is 0 Å². The Balaban J connectivity index is 2.76. The minimum atomic E-state index is -3.65. The summed E-state index contributed by atoms with van der Waals surface area (Å²) in [7, 11) is -3.65. The fourth-order valence-electron chi connectivity index (χ4n) is 1.56. The van der Waals surface area contributed by atoms with Crippen LogP contribution in [0.2, 0.25) is 0 Å². The van der Waals surface area contributed by atoms with E-state index in [9.17, 15) is 9.36 Å². The second kappa shape index (κ2) is 7.43. The van der Waals surface area contributed by atoms with Crippen LogP contribution in [0.5, 0.6) is 5.75 Å². The Bertz CT molecular complexity index is 479. The van der Waals surface area contributed by atoms with E-state index in [1.165, 1.54) is 0 Å². The van der Waals surface area contributed by atoms with Crippen molar-refractivity contribution in [2.75, 3.05) is 6.61 Å². The Morgan fingerprint density at radius 2 is 1.95 bits per heavy atom. The first-order valence-electron chi connectivity index (χ1n) is 6.43. The van der Waals surface area contributed by atoms with Crippen molar-refractivity contribution in [1.29, 1.82) is 0 Å². The van der Waals surface area contributed by atoms with Gasteiger partial charge in [0.15, 0.2) is 0 Å². The molecular weight excluding hydrogens is 279 g/mol. The molecule has 6 nitrogen and oxygen atoms in total. The summed E-state index contributed by atoms with van der Waals surface area (Å²) in [6.07, 6.45) is 0. The maximum Gasteiger partial charge on any atom is 0.388 e. The Labute approximate surface area is 119 Å². The normalized spacial score (nSPS) is 15.4. The number of esters is 1. The van der Waals surface area contributed by atoms with Crippen molar-refractivity contribution >= 4 is 13.6 Å². The highest BCUT2D eigenvalue weighted by Crippen LogP contribution is 2.35. The summed E-state index contributed by atoms with van der Waals surface area (Å²) in [6, 6.07) is 7.76. The SMILES string of the molecule is CCOC(=O)[C@@H](NP(N)(=O)Oc1ccccc1)C(C)C. The molecule has 1 rings (SSSR count). The Morgan fingerprint density at radius 3 is 2.45 bits per heavy atom. The van der Waals surface area contributed by atoms with Gasteiger partial charge < -0.3 is 9.26 Å². The topological polar surface area (TPSA) is 90.6 Å². The number of ether oxygens (including phenoxy) is 1. The number of hydrogen-bond donors (Lipinski definition) is 2. The molecule has 0 aliphatic heterocycles. The molecule has 0 bridgehead atoms. The molecule has 7 heteroatoms. The van der Waals surface area contributed by atoms with E-state index in [1.54, 1.807) is 51.1 Å². The van der Waals surface area contributed by atoms with Gasteiger partial charge in [-0.2, -0.15) is 0 Å². The Kier molecular flexibility index (Phi) is 6.20. The molecule has 0 aliphatic carbocycles. The number of rotatable bonds is 7. The van der Waals surface area contributed by atoms with Gasteiger partial charge in [-0.1, -0.05) is 32.0 Å². The highest BCUT2D eigenvalue weighted by Gasteiger charge is 2.31. The molecule has 0 fully saturated rings. The second-order valence-electron chi connectivity index (χ2n) is 4.60. The molecule has 1 aromatic carbocycles. The molecule has 2 atom stereocenters. The minimum absolute atomic E-state index is 0.134. The van der Waals surface area contributed by atoms with Gasteiger partial charge in [0.2, 0.25) is 0 Å². The predicted molar refractivity (Wildman–Crippen MR) is 77.3 cm³/mol. The van der Waals surface area contributed by atoms with Crippen molar-refractivity contribution in [2.45, 2.75) is 26.8 Å². The average molecular weight is 300 g/mol. The first kappa shape index (κ1) is 16.7. The molecule has 0 saturated heterocycles. The number of carbonyl (C=O) groups is 1. The molecule has 20 heavy (non-hydrogen) atoms. The largest absolute Gasteiger partial charge is 0.465 e. The van der Waals surface area contributed by atoms with E-state index in [-0.39, 0.29) is 12.5 Å². The van der Waals surface area contributed by atoms with Gasteiger partial charge >= 0.3 is 13.6 Å². The standard InChI is InChI=1S/C13H21N2O4P/c1-4-18-13(16)12(10(2)3)15-20(14,17)19-11-8-6-5-7-9-11/h5-10,12H,4H2,1-3H3,(H3,14,15,17)/t12-,20?/m0/s1. The number of benzene rings is 1. The molecule has 1 aromatic rings. The monoisotopic (exact) mass is 300 g/mol. The van der Waals surface area contributed by atoms with Crippen LogP contribution < -0.4 is 15.1 Å². The fraction of sp³-hybridized carbons (Fsp3) is 0.462. The molecule has 1 unspecified atom stereocenters. The third-order valence-corrected chi connectivity index (χ3v) is 3.63. The van der Waals surface area contributed by atoms with Gasteiger partial charge in [0.05, 0.1) is 6.61 Å². The summed E-state index contributed by atoms with van der Waals surface area (Å²) < 4.78 is 22.4. The molecule has 0 saturated carbocycles. The average Bonchev–Trinajstić information content (AvgIpc) is 2.36. The number of para-hydroxylation sites is 1. The zero-order valence-electron chi connectivity index (χ0n) is 11.9. The molecule has 0 amide bonds. The van der Waals surface area contributed by atoms with Crippen LogP contribution in [0.1, 0.15) is 20.8 Å². The summed E-state index contributed by atoms with van der Waals surface area (Å²) in [5.74, 6) is -0.257. The van der Waals surface area contributed by atoms with Crippen molar-refractivity contribution in [1.82, 2.24) is 5.09 Å². The number of nitrogens with two attached hydrogens (primary N) is 1. The van der Waals surface area contributed by atoms with E-state index >= 15 is 0 Å². The van der Waals surface area contributed by atoms with Crippen molar-refractivity contribution in [3.8, 4) is 5.75 Å². The maximum atomic E-state index is 12.2. The van der Waals surface area contributed by atoms with Gasteiger partial charge in [-0.15, -0.1) is 0 Å². The number of nitrogens with one attached hydrogen (secondary N) is 1. The molecule has 0 heterocycles. The third-order valence-electron chi connectivity index (χ3n) is 2.51. The van der Waals surface area contributed by atoms with Gasteiger partial charge in [-0.3, -0.25) is 4.79 Å². The molecule has 3 N–H and O–H groups in total. The maximum absolute atomic E-state index is 12.2. The van der Waals surface area contributed by atoms with Crippen LogP contribution >= 0.6 is 7.67 Å². The highest BCUT2D eigenvalue weighted by molar-refractivity contribution is 7.54. The summed E-state index contributed by atoms with van der Waals surface area (Å²) in [5, 5.41) is 2.56. The van der Waals surface area contributed by atoms with Gasteiger partial charge in [0, 0.05) is 0 Å². The molecule has 0 aliphatic rings. The fourth-order valence-corrected chi connectivity index (χ4v) is 2.84. The van der Waals surface area contributed by atoms with Crippen LogP contribution in [0.3, 0.4) is 0 Å². The molecule has 0 radical (unpaired) electrons. The summed E-state index contributed by atoms with van der Waals surface area (Å²) in [5.41, 5.74) is 5.64. The van der Waals surface area contributed by atoms with E-state index in [1.807, 2.05) is 0 Å². The van der Waals surface area contributed by atoms with Gasteiger partial charge in [-0.25, -0.2) is 15.2 Å². The van der Waals surface area contributed by atoms with Gasteiger partial charge in [-0.05, 0) is 25.0 Å². The summed E-state index contributed by atoms with van der Waals surface area (Å²) in [6.45, 7) is 5.56. The first-order chi connectivity index (χ1) is 9.35. The van der Waals surface area contributed by atoms with E-state index in [0.29, 0.717) is 5.75 Å².